The van der Waals surface area contributed by atoms with Gasteiger partial charge in [0.2, 0.25) is 5.95 Å². The lowest BCUT2D eigenvalue weighted by atomic mass is 10.1. The zero-order valence-corrected chi connectivity index (χ0v) is 15.6. The Kier molecular flexibility index (Phi) is 6.26. The smallest absolute Gasteiger partial charge is 0.229 e. The summed E-state index contributed by atoms with van der Waals surface area (Å²) in [7, 11) is 0. The number of benzene rings is 1. The first kappa shape index (κ1) is 17.7. The van der Waals surface area contributed by atoms with E-state index in [9.17, 15) is 0 Å². The van der Waals surface area contributed by atoms with E-state index in [0.29, 0.717) is 5.95 Å². The number of aryl methyl sites for hydroxylation is 1. The van der Waals surface area contributed by atoms with Crippen molar-refractivity contribution in [2.45, 2.75) is 58.8 Å². The predicted octanol–water partition coefficient (Wildman–Crippen LogP) is 5.25. The van der Waals surface area contributed by atoms with Crippen molar-refractivity contribution < 1.29 is 0 Å². The Morgan fingerprint density at radius 2 is 1.76 bits per heavy atom. The maximum absolute atomic E-state index is 4.91. The van der Waals surface area contributed by atoms with Crippen LogP contribution in [0.3, 0.4) is 0 Å². The highest BCUT2D eigenvalue weighted by atomic mass is 15.2. The van der Waals surface area contributed by atoms with E-state index >= 15 is 0 Å². The molecule has 1 aliphatic heterocycles. The number of rotatable bonds is 8. The van der Waals surface area contributed by atoms with Crippen molar-refractivity contribution in [3.8, 4) is 0 Å². The molecule has 0 radical (unpaired) electrons. The summed E-state index contributed by atoms with van der Waals surface area (Å²) in [4.78, 5) is 12.1. The summed E-state index contributed by atoms with van der Waals surface area (Å²) in [6, 6.07) is 10.2. The van der Waals surface area contributed by atoms with Crippen LogP contribution in [-0.4, -0.2) is 23.1 Å². The van der Waals surface area contributed by atoms with Gasteiger partial charge in [-0.15, -0.1) is 0 Å². The average Bonchev–Trinajstić information content (AvgIpc) is 3.15. The maximum Gasteiger partial charge on any atom is 0.229 e. The third-order valence-electron chi connectivity index (χ3n) is 4.91. The van der Waals surface area contributed by atoms with Crippen LogP contribution >= 0.6 is 0 Å². The molecule has 1 fully saturated rings. The van der Waals surface area contributed by atoms with Gasteiger partial charge in [-0.2, -0.15) is 4.98 Å². The van der Waals surface area contributed by atoms with Crippen LogP contribution in [0.25, 0.3) is 0 Å². The van der Waals surface area contributed by atoms with Crippen LogP contribution in [0.15, 0.2) is 30.3 Å². The van der Waals surface area contributed by atoms with Crippen LogP contribution in [0, 0.1) is 6.92 Å². The Labute approximate surface area is 151 Å². The normalized spacial score (nSPS) is 14.1. The van der Waals surface area contributed by atoms with E-state index in [1.165, 1.54) is 44.1 Å². The van der Waals surface area contributed by atoms with Gasteiger partial charge in [0.1, 0.15) is 5.82 Å². The Morgan fingerprint density at radius 1 is 1.00 bits per heavy atom. The molecule has 4 nitrogen and oxygen atoms in total. The predicted molar refractivity (Wildman–Crippen MR) is 106 cm³/mol. The molecule has 0 spiro atoms. The second-order valence-corrected chi connectivity index (χ2v) is 6.93. The average molecular weight is 338 g/mol. The van der Waals surface area contributed by atoms with E-state index in [1.54, 1.807) is 0 Å². The van der Waals surface area contributed by atoms with Crippen molar-refractivity contribution in [2.75, 3.05) is 23.3 Å². The van der Waals surface area contributed by atoms with E-state index < -0.39 is 0 Å². The van der Waals surface area contributed by atoms with Crippen molar-refractivity contribution in [2.24, 2.45) is 0 Å². The fourth-order valence-electron chi connectivity index (χ4n) is 3.50. The van der Waals surface area contributed by atoms with Crippen molar-refractivity contribution in [3.05, 3.63) is 41.6 Å². The standard InChI is InChI=1S/C21H30N4/c1-3-4-5-9-14-19-17(2)22-21(23-18-12-7-6-8-13-18)24-20(19)25-15-10-11-16-25/h6-8,12-13H,3-5,9-11,14-16H2,1-2H3,(H,22,23,24). The number of hydrogen-bond acceptors (Lipinski definition) is 4. The lowest BCUT2D eigenvalue weighted by Gasteiger charge is -2.22. The Hall–Kier alpha value is -2.10. The van der Waals surface area contributed by atoms with Gasteiger partial charge in [0.25, 0.3) is 0 Å². The number of para-hydroxylation sites is 1. The van der Waals surface area contributed by atoms with Crippen LogP contribution in [-0.2, 0) is 6.42 Å². The molecule has 134 valence electrons. The van der Waals surface area contributed by atoms with E-state index in [-0.39, 0.29) is 0 Å². The highest BCUT2D eigenvalue weighted by Crippen LogP contribution is 2.28. The Bertz CT molecular complexity index is 663. The van der Waals surface area contributed by atoms with Crippen molar-refractivity contribution in [1.82, 2.24) is 9.97 Å². The van der Waals surface area contributed by atoms with Gasteiger partial charge in [0.15, 0.2) is 0 Å². The highest BCUT2D eigenvalue weighted by Gasteiger charge is 2.20. The quantitative estimate of drug-likeness (QED) is 0.667. The molecule has 2 heterocycles. The minimum Gasteiger partial charge on any atom is -0.356 e. The number of hydrogen-bond donors (Lipinski definition) is 1. The fraction of sp³-hybridized carbons (Fsp3) is 0.524. The van der Waals surface area contributed by atoms with Gasteiger partial charge in [-0.05, 0) is 44.7 Å². The molecule has 1 N–H and O–H groups in total. The largest absolute Gasteiger partial charge is 0.356 e. The van der Waals surface area contributed by atoms with Crippen LogP contribution in [0.1, 0.15) is 56.7 Å². The molecule has 1 aromatic heterocycles. The maximum atomic E-state index is 4.91. The Morgan fingerprint density at radius 3 is 2.48 bits per heavy atom. The summed E-state index contributed by atoms with van der Waals surface area (Å²) in [6.07, 6.45) is 8.72. The molecule has 25 heavy (non-hydrogen) atoms. The molecule has 0 bridgehead atoms. The SMILES string of the molecule is CCCCCCc1c(C)nc(Nc2ccccc2)nc1N1CCCC1. The Balaban J connectivity index is 1.83. The van der Waals surface area contributed by atoms with E-state index in [0.717, 1.165) is 36.7 Å². The van der Waals surface area contributed by atoms with Gasteiger partial charge in [-0.25, -0.2) is 4.98 Å². The third kappa shape index (κ3) is 4.71. The van der Waals surface area contributed by atoms with E-state index in [4.69, 9.17) is 9.97 Å². The van der Waals surface area contributed by atoms with E-state index in [1.807, 2.05) is 30.3 Å². The summed E-state index contributed by atoms with van der Waals surface area (Å²) in [6.45, 7) is 6.62. The molecule has 0 unspecified atom stereocenters. The fourth-order valence-corrected chi connectivity index (χ4v) is 3.50. The topological polar surface area (TPSA) is 41.1 Å². The summed E-state index contributed by atoms with van der Waals surface area (Å²) in [5.41, 5.74) is 3.49. The molecule has 1 saturated heterocycles. The first-order chi connectivity index (χ1) is 12.3. The van der Waals surface area contributed by atoms with Crippen molar-refractivity contribution >= 4 is 17.5 Å². The monoisotopic (exact) mass is 338 g/mol. The summed E-state index contributed by atoms with van der Waals surface area (Å²) in [5.74, 6) is 1.86. The summed E-state index contributed by atoms with van der Waals surface area (Å²) >= 11 is 0. The van der Waals surface area contributed by atoms with Gasteiger partial charge >= 0.3 is 0 Å². The molecule has 0 amide bonds. The van der Waals surface area contributed by atoms with Crippen LogP contribution in [0.2, 0.25) is 0 Å². The first-order valence-electron chi connectivity index (χ1n) is 9.72. The van der Waals surface area contributed by atoms with Gasteiger partial charge in [0, 0.05) is 30.0 Å². The van der Waals surface area contributed by atoms with Gasteiger partial charge in [-0.3, -0.25) is 0 Å². The molecule has 0 saturated carbocycles. The molecular formula is C21H30N4. The van der Waals surface area contributed by atoms with Crippen LogP contribution < -0.4 is 10.2 Å². The second kappa shape index (κ2) is 8.84. The third-order valence-corrected chi connectivity index (χ3v) is 4.91. The minimum atomic E-state index is 0.711. The van der Waals surface area contributed by atoms with Gasteiger partial charge in [0.05, 0.1) is 0 Å². The number of nitrogens with zero attached hydrogens (tertiary/aromatic N) is 3. The number of nitrogens with one attached hydrogen (secondary N) is 1. The molecule has 4 heteroatoms. The zero-order chi connectivity index (χ0) is 17.5. The summed E-state index contributed by atoms with van der Waals surface area (Å²) in [5, 5.41) is 3.36. The molecular weight excluding hydrogens is 308 g/mol. The summed E-state index contributed by atoms with van der Waals surface area (Å²) < 4.78 is 0. The van der Waals surface area contributed by atoms with Crippen molar-refractivity contribution in [3.63, 3.8) is 0 Å². The molecule has 3 rings (SSSR count). The van der Waals surface area contributed by atoms with Crippen LogP contribution in [0.5, 0.6) is 0 Å². The lowest BCUT2D eigenvalue weighted by molar-refractivity contribution is 0.662. The minimum absolute atomic E-state index is 0.711. The molecule has 0 aliphatic carbocycles. The molecule has 2 aromatic rings. The second-order valence-electron chi connectivity index (χ2n) is 6.93. The lowest BCUT2D eigenvalue weighted by Crippen LogP contribution is -2.22. The van der Waals surface area contributed by atoms with Crippen molar-refractivity contribution in [1.29, 1.82) is 0 Å². The number of anilines is 3. The zero-order valence-electron chi connectivity index (χ0n) is 15.6. The molecule has 1 aliphatic rings. The first-order valence-corrected chi connectivity index (χ1v) is 9.72. The molecule has 0 atom stereocenters. The number of aromatic nitrogens is 2. The highest BCUT2D eigenvalue weighted by molar-refractivity contribution is 5.58. The molecule has 1 aromatic carbocycles. The van der Waals surface area contributed by atoms with Gasteiger partial charge in [-0.1, -0.05) is 44.4 Å². The number of unbranched alkanes of at least 4 members (excludes halogenated alkanes) is 3. The van der Waals surface area contributed by atoms with Gasteiger partial charge < -0.3 is 10.2 Å². The van der Waals surface area contributed by atoms with Crippen LogP contribution in [0.4, 0.5) is 17.5 Å². The van der Waals surface area contributed by atoms with E-state index in [2.05, 4.69) is 24.1 Å².